The summed E-state index contributed by atoms with van der Waals surface area (Å²) < 4.78 is 13.1. The van der Waals surface area contributed by atoms with Gasteiger partial charge in [-0.2, -0.15) is 0 Å². The lowest BCUT2D eigenvalue weighted by Crippen LogP contribution is -2.39. The Morgan fingerprint density at radius 1 is 1.29 bits per heavy atom. The molecular formula is C14H18FNO. The normalized spacial score (nSPS) is 17.4. The number of rotatable bonds is 2. The molecule has 1 aliphatic carbocycles. The molecule has 0 radical (unpaired) electrons. The first-order valence-corrected chi connectivity index (χ1v) is 6.00. The molecule has 1 aliphatic rings. The van der Waals surface area contributed by atoms with Crippen LogP contribution in [0.2, 0.25) is 0 Å². The molecule has 92 valence electrons. The van der Waals surface area contributed by atoms with Crippen molar-refractivity contribution >= 4 is 11.6 Å². The van der Waals surface area contributed by atoms with E-state index in [2.05, 4.69) is 5.32 Å². The zero-order valence-corrected chi connectivity index (χ0v) is 10.6. The van der Waals surface area contributed by atoms with Crippen molar-refractivity contribution in [2.24, 2.45) is 5.41 Å². The smallest absolute Gasteiger partial charge is 0.230 e. The van der Waals surface area contributed by atoms with Gasteiger partial charge in [0.05, 0.1) is 0 Å². The molecule has 0 heterocycles. The van der Waals surface area contributed by atoms with Crippen LogP contribution in [0.5, 0.6) is 0 Å². The lowest BCUT2D eigenvalue weighted by molar-refractivity contribution is -0.128. The molecule has 0 aliphatic heterocycles. The van der Waals surface area contributed by atoms with Crippen LogP contribution in [0.25, 0.3) is 0 Å². The summed E-state index contributed by atoms with van der Waals surface area (Å²) >= 11 is 0. The molecule has 17 heavy (non-hydrogen) atoms. The zero-order chi connectivity index (χ0) is 12.6. The molecule has 2 nitrogen and oxygen atoms in total. The standard InChI is InChI=1S/C14H18FNO/c1-9-7-11(15)8-10(2)12(9)16-13(17)14(3)5-4-6-14/h7-8H,4-6H2,1-3H3,(H,16,17). The van der Waals surface area contributed by atoms with E-state index in [1.807, 2.05) is 20.8 Å². The number of aryl methyl sites for hydroxylation is 2. The van der Waals surface area contributed by atoms with Crippen LogP contribution < -0.4 is 5.32 Å². The molecule has 0 saturated heterocycles. The zero-order valence-electron chi connectivity index (χ0n) is 10.6. The van der Waals surface area contributed by atoms with E-state index in [0.29, 0.717) is 0 Å². The van der Waals surface area contributed by atoms with Crippen molar-refractivity contribution in [1.29, 1.82) is 0 Å². The molecule has 1 amide bonds. The predicted octanol–water partition coefficient (Wildman–Crippen LogP) is 3.57. The van der Waals surface area contributed by atoms with Crippen molar-refractivity contribution in [1.82, 2.24) is 0 Å². The van der Waals surface area contributed by atoms with E-state index in [1.165, 1.54) is 12.1 Å². The molecule has 1 saturated carbocycles. The highest BCUT2D eigenvalue weighted by Gasteiger charge is 2.39. The van der Waals surface area contributed by atoms with Crippen LogP contribution in [0.1, 0.15) is 37.3 Å². The second-order valence-electron chi connectivity index (χ2n) is 5.28. The van der Waals surface area contributed by atoms with Gasteiger partial charge >= 0.3 is 0 Å². The van der Waals surface area contributed by atoms with Crippen molar-refractivity contribution < 1.29 is 9.18 Å². The van der Waals surface area contributed by atoms with Gasteiger partial charge in [-0.3, -0.25) is 4.79 Å². The predicted molar refractivity (Wildman–Crippen MR) is 66.5 cm³/mol. The van der Waals surface area contributed by atoms with Crippen molar-refractivity contribution in [2.45, 2.75) is 40.0 Å². The van der Waals surface area contributed by atoms with E-state index in [4.69, 9.17) is 0 Å². The maximum absolute atomic E-state index is 13.1. The van der Waals surface area contributed by atoms with Crippen molar-refractivity contribution in [3.63, 3.8) is 0 Å². The van der Waals surface area contributed by atoms with Gasteiger partial charge < -0.3 is 5.32 Å². The number of benzene rings is 1. The summed E-state index contributed by atoms with van der Waals surface area (Å²) in [5.74, 6) is -0.200. The highest BCUT2D eigenvalue weighted by atomic mass is 19.1. The minimum atomic E-state index is -0.257. The third-order valence-corrected chi connectivity index (χ3v) is 3.74. The van der Waals surface area contributed by atoms with E-state index < -0.39 is 0 Å². The van der Waals surface area contributed by atoms with Crippen LogP contribution in [0.3, 0.4) is 0 Å². The maximum Gasteiger partial charge on any atom is 0.230 e. The molecule has 0 aromatic heterocycles. The molecule has 1 N–H and O–H groups in total. The first kappa shape index (κ1) is 12.1. The largest absolute Gasteiger partial charge is 0.325 e. The van der Waals surface area contributed by atoms with E-state index in [9.17, 15) is 9.18 Å². The van der Waals surface area contributed by atoms with Gasteiger partial charge in [0.25, 0.3) is 0 Å². The van der Waals surface area contributed by atoms with E-state index in [-0.39, 0.29) is 17.1 Å². The summed E-state index contributed by atoms with van der Waals surface area (Å²) in [5, 5.41) is 2.94. The molecule has 0 spiro atoms. The van der Waals surface area contributed by atoms with Gasteiger partial charge in [0.1, 0.15) is 5.82 Å². The number of amides is 1. The average Bonchev–Trinajstić information content (AvgIpc) is 2.19. The fraction of sp³-hybridized carbons (Fsp3) is 0.500. The molecular weight excluding hydrogens is 217 g/mol. The van der Waals surface area contributed by atoms with E-state index in [1.54, 1.807) is 0 Å². The molecule has 2 rings (SSSR count). The fourth-order valence-corrected chi connectivity index (χ4v) is 2.31. The number of hydrogen-bond acceptors (Lipinski definition) is 1. The molecule has 0 atom stereocenters. The molecule has 1 fully saturated rings. The Bertz CT molecular complexity index is 440. The molecule has 0 unspecified atom stereocenters. The number of carbonyl (C=O) groups excluding carboxylic acids is 1. The summed E-state index contributed by atoms with van der Waals surface area (Å²) in [6, 6.07) is 2.90. The van der Waals surface area contributed by atoms with Crippen LogP contribution in [-0.4, -0.2) is 5.91 Å². The van der Waals surface area contributed by atoms with E-state index >= 15 is 0 Å². The second-order valence-corrected chi connectivity index (χ2v) is 5.28. The Hall–Kier alpha value is -1.38. The third kappa shape index (κ3) is 2.19. The third-order valence-electron chi connectivity index (χ3n) is 3.74. The summed E-state index contributed by atoms with van der Waals surface area (Å²) in [5.41, 5.74) is 2.08. The number of carbonyl (C=O) groups is 1. The van der Waals surface area contributed by atoms with Crippen molar-refractivity contribution in [3.05, 3.63) is 29.1 Å². The highest BCUT2D eigenvalue weighted by Crippen LogP contribution is 2.41. The summed E-state index contributed by atoms with van der Waals surface area (Å²) in [4.78, 5) is 12.1. The van der Waals surface area contributed by atoms with Gasteiger partial charge in [-0.1, -0.05) is 13.3 Å². The summed E-state index contributed by atoms with van der Waals surface area (Å²) in [7, 11) is 0. The van der Waals surface area contributed by atoms with Crippen LogP contribution >= 0.6 is 0 Å². The number of halogens is 1. The quantitative estimate of drug-likeness (QED) is 0.834. The molecule has 1 aromatic carbocycles. The Kier molecular flexibility index (Phi) is 2.94. The van der Waals surface area contributed by atoms with Crippen LogP contribution in [0.15, 0.2) is 12.1 Å². The monoisotopic (exact) mass is 235 g/mol. The van der Waals surface area contributed by atoms with Gasteiger partial charge in [0, 0.05) is 11.1 Å². The molecule has 0 bridgehead atoms. The first-order chi connectivity index (χ1) is 7.92. The topological polar surface area (TPSA) is 29.1 Å². The van der Waals surface area contributed by atoms with Gasteiger partial charge in [-0.15, -0.1) is 0 Å². The Labute approximate surface area is 101 Å². The number of hydrogen-bond donors (Lipinski definition) is 1. The Balaban J connectivity index is 2.21. The van der Waals surface area contributed by atoms with E-state index in [0.717, 1.165) is 36.1 Å². The minimum absolute atomic E-state index is 0.0570. The van der Waals surface area contributed by atoms with Gasteiger partial charge in [0.15, 0.2) is 0 Å². The number of nitrogens with one attached hydrogen (secondary N) is 1. The summed E-state index contributed by atoms with van der Waals surface area (Å²) in [6.45, 7) is 5.61. The number of anilines is 1. The lowest BCUT2D eigenvalue weighted by Gasteiger charge is -2.36. The molecule has 1 aromatic rings. The summed E-state index contributed by atoms with van der Waals surface area (Å²) in [6.07, 6.45) is 3.00. The lowest BCUT2D eigenvalue weighted by atomic mass is 9.70. The second kappa shape index (κ2) is 4.13. The average molecular weight is 235 g/mol. The van der Waals surface area contributed by atoms with Gasteiger partial charge in [-0.05, 0) is 49.9 Å². The fourth-order valence-electron chi connectivity index (χ4n) is 2.31. The van der Waals surface area contributed by atoms with Gasteiger partial charge in [-0.25, -0.2) is 4.39 Å². The van der Waals surface area contributed by atoms with Crippen LogP contribution in [-0.2, 0) is 4.79 Å². The first-order valence-electron chi connectivity index (χ1n) is 6.00. The maximum atomic E-state index is 13.1. The van der Waals surface area contributed by atoms with Crippen molar-refractivity contribution in [2.75, 3.05) is 5.32 Å². The Morgan fingerprint density at radius 2 is 1.82 bits per heavy atom. The Morgan fingerprint density at radius 3 is 2.24 bits per heavy atom. The highest BCUT2D eigenvalue weighted by molar-refractivity contribution is 5.96. The minimum Gasteiger partial charge on any atom is -0.325 e. The molecule has 3 heteroatoms. The SMILES string of the molecule is Cc1cc(F)cc(C)c1NC(=O)C1(C)CCC1. The van der Waals surface area contributed by atoms with Crippen molar-refractivity contribution in [3.8, 4) is 0 Å². The van der Waals surface area contributed by atoms with Crippen LogP contribution in [0.4, 0.5) is 10.1 Å². The van der Waals surface area contributed by atoms with Gasteiger partial charge in [0.2, 0.25) is 5.91 Å². The van der Waals surface area contributed by atoms with Crippen LogP contribution in [0, 0.1) is 25.1 Å².